The highest BCUT2D eigenvalue weighted by Gasteiger charge is 2.17. The monoisotopic (exact) mass is 225 g/mol. The topological polar surface area (TPSA) is 40.5 Å². The number of hydrogen-bond acceptors (Lipinski definition) is 2. The van der Waals surface area contributed by atoms with Crippen LogP contribution in [-0.4, -0.2) is 29.6 Å². The summed E-state index contributed by atoms with van der Waals surface area (Å²) >= 11 is 5.90. The summed E-state index contributed by atoms with van der Waals surface area (Å²) < 4.78 is 0. The predicted molar refractivity (Wildman–Crippen MR) is 58.4 cm³/mol. The average molecular weight is 226 g/mol. The van der Waals surface area contributed by atoms with Gasteiger partial charge < -0.3 is 10.0 Å². The summed E-state index contributed by atoms with van der Waals surface area (Å²) in [6.45, 7) is 1.81. The molecule has 0 unspecified atom stereocenters. The van der Waals surface area contributed by atoms with E-state index in [0.29, 0.717) is 5.02 Å². The fourth-order valence-electron chi connectivity index (χ4n) is 1.88. The molecule has 0 atom stereocenters. The highest BCUT2D eigenvalue weighted by atomic mass is 35.5. The minimum Gasteiger partial charge on any atom is -0.478 e. The summed E-state index contributed by atoms with van der Waals surface area (Å²) in [5, 5.41) is 9.25. The lowest BCUT2D eigenvalue weighted by molar-refractivity contribution is 0.0697. The number of nitrogens with zero attached hydrogens (tertiary/aromatic N) is 1. The standard InChI is InChI=1S/C11H12ClNO2/c1-13-3-2-7-4-9(11(14)15)10(12)5-8(7)6-13/h4-5H,2-3,6H2,1H3,(H,14,15). The molecule has 80 valence electrons. The SMILES string of the molecule is CN1CCc2cc(C(=O)O)c(Cl)cc2C1. The summed E-state index contributed by atoms with van der Waals surface area (Å²) in [7, 11) is 2.04. The van der Waals surface area contributed by atoms with E-state index in [4.69, 9.17) is 16.7 Å². The van der Waals surface area contributed by atoms with Crippen LogP contribution in [0, 0.1) is 0 Å². The van der Waals surface area contributed by atoms with Gasteiger partial charge in [-0.2, -0.15) is 0 Å². The van der Waals surface area contributed by atoms with Gasteiger partial charge >= 0.3 is 5.97 Å². The number of fused-ring (bicyclic) bond motifs is 1. The van der Waals surface area contributed by atoms with Gasteiger partial charge in [0.25, 0.3) is 0 Å². The van der Waals surface area contributed by atoms with Gasteiger partial charge in [0, 0.05) is 13.1 Å². The van der Waals surface area contributed by atoms with Crippen molar-refractivity contribution in [2.24, 2.45) is 0 Å². The van der Waals surface area contributed by atoms with E-state index < -0.39 is 5.97 Å². The van der Waals surface area contributed by atoms with Crippen molar-refractivity contribution in [3.63, 3.8) is 0 Å². The fraction of sp³-hybridized carbons (Fsp3) is 0.364. The molecule has 0 aromatic heterocycles. The molecular weight excluding hydrogens is 214 g/mol. The lowest BCUT2D eigenvalue weighted by atomic mass is 9.97. The smallest absolute Gasteiger partial charge is 0.337 e. The lowest BCUT2D eigenvalue weighted by Gasteiger charge is -2.25. The summed E-state index contributed by atoms with van der Waals surface area (Å²) in [5.41, 5.74) is 2.45. The molecule has 0 fully saturated rings. The fourth-order valence-corrected chi connectivity index (χ4v) is 2.15. The summed E-state index contributed by atoms with van der Waals surface area (Å²) in [4.78, 5) is 13.1. The van der Waals surface area contributed by atoms with Crippen LogP contribution in [0.4, 0.5) is 0 Å². The first-order valence-corrected chi connectivity index (χ1v) is 5.19. The molecule has 4 heteroatoms. The van der Waals surface area contributed by atoms with E-state index in [1.54, 1.807) is 12.1 Å². The number of carboxylic acid groups (broad SMARTS) is 1. The first-order chi connectivity index (χ1) is 7.08. The minimum atomic E-state index is -0.957. The molecule has 1 aliphatic rings. The van der Waals surface area contributed by atoms with Crippen LogP contribution < -0.4 is 0 Å². The highest BCUT2D eigenvalue weighted by Crippen LogP contribution is 2.25. The van der Waals surface area contributed by atoms with Gasteiger partial charge in [0.1, 0.15) is 0 Å². The Morgan fingerprint density at radius 3 is 2.87 bits per heavy atom. The normalized spacial score (nSPS) is 16.1. The third-order valence-corrected chi connectivity index (χ3v) is 3.04. The number of carbonyl (C=O) groups is 1. The maximum absolute atomic E-state index is 10.9. The first-order valence-electron chi connectivity index (χ1n) is 4.81. The Hall–Kier alpha value is -1.06. The molecule has 1 aliphatic heterocycles. The van der Waals surface area contributed by atoms with E-state index >= 15 is 0 Å². The van der Waals surface area contributed by atoms with Crippen molar-refractivity contribution >= 4 is 17.6 Å². The molecule has 1 N–H and O–H groups in total. The Morgan fingerprint density at radius 2 is 2.20 bits per heavy atom. The quantitative estimate of drug-likeness (QED) is 0.795. The highest BCUT2D eigenvalue weighted by molar-refractivity contribution is 6.33. The Kier molecular flexibility index (Phi) is 2.67. The van der Waals surface area contributed by atoms with Gasteiger partial charge in [-0.15, -0.1) is 0 Å². The maximum atomic E-state index is 10.9. The lowest BCUT2D eigenvalue weighted by Crippen LogP contribution is -2.26. The van der Waals surface area contributed by atoms with E-state index in [9.17, 15) is 4.79 Å². The molecule has 0 saturated carbocycles. The maximum Gasteiger partial charge on any atom is 0.337 e. The Morgan fingerprint density at radius 1 is 1.47 bits per heavy atom. The van der Waals surface area contributed by atoms with Crippen LogP contribution >= 0.6 is 11.6 Å². The number of likely N-dealkylation sites (N-methyl/N-ethyl adjacent to an activating group) is 1. The third-order valence-electron chi connectivity index (χ3n) is 2.72. The average Bonchev–Trinajstić information content (AvgIpc) is 2.15. The molecule has 15 heavy (non-hydrogen) atoms. The molecule has 0 bridgehead atoms. The summed E-state index contributed by atoms with van der Waals surface area (Å²) in [6, 6.07) is 3.48. The van der Waals surface area contributed by atoms with E-state index in [1.165, 1.54) is 0 Å². The molecular formula is C11H12ClNO2. The number of carboxylic acids is 1. The number of aromatic carboxylic acids is 1. The van der Waals surface area contributed by atoms with Crippen LogP contribution in [0.2, 0.25) is 5.02 Å². The molecule has 1 aromatic rings. The van der Waals surface area contributed by atoms with Crippen LogP contribution in [0.5, 0.6) is 0 Å². The molecule has 1 heterocycles. The molecule has 3 nitrogen and oxygen atoms in total. The van der Waals surface area contributed by atoms with Gasteiger partial charge in [0.05, 0.1) is 10.6 Å². The van der Waals surface area contributed by atoms with Crippen molar-refractivity contribution in [2.75, 3.05) is 13.6 Å². The number of halogens is 1. The second-order valence-electron chi connectivity index (χ2n) is 3.89. The number of rotatable bonds is 1. The van der Waals surface area contributed by atoms with Crippen LogP contribution in [0.15, 0.2) is 12.1 Å². The zero-order valence-corrected chi connectivity index (χ0v) is 9.21. The summed E-state index contributed by atoms with van der Waals surface area (Å²) in [5.74, 6) is -0.957. The molecule has 1 aromatic carbocycles. The summed E-state index contributed by atoms with van der Waals surface area (Å²) in [6.07, 6.45) is 0.892. The van der Waals surface area contributed by atoms with Crippen molar-refractivity contribution in [3.8, 4) is 0 Å². The van der Waals surface area contributed by atoms with Gasteiger partial charge in [0.2, 0.25) is 0 Å². The second kappa shape index (κ2) is 3.83. The Balaban J connectivity index is 2.46. The van der Waals surface area contributed by atoms with Gasteiger partial charge in [-0.05, 0) is 36.7 Å². The van der Waals surface area contributed by atoms with E-state index in [0.717, 1.165) is 30.6 Å². The van der Waals surface area contributed by atoms with Crippen LogP contribution in [0.25, 0.3) is 0 Å². The van der Waals surface area contributed by atoms with Crippen LogP contribution in [-0.2, 0) is 13.0 Å². The van der Waals surface area contributed by atoms with Crippen molar-refractivity contribution in [3.05, 3.63) is 33.8 Å². The van der Waals surface area contributed by atoms with Crippen molar-refractivity contribution in [1.82, 2.24) is 4.90 Å². The molecule has 0 radical (unpaired) electrons. The van der Waals surface area contributed by atoms with Gasteiger partial charge in [-0.25, -0.2) is 4.79 Å². The Labute approximate surface area is 93.3 Å². The largest absolute Gasteiger partial charge is 0.478 e. The van der Waals surface area contributed by atoms with Crippen LogP contribution in [0.3, 0.4) is 0 Å². The van der Waals surface area contributed by atoms with E-state index in [-0.39, 0.29) is 5.56 Å². The van der Waals surface area contributed by atoms with Crippen molar-refractivity contribution in [1.29, 1.82) is 0 Å². The van der Waals surface area contributed by atoms with E-state index in [1.807, 2.05) is 7.05 Å². The zero-order chi connectivity index (χ0) is 11.0. The first kappa shape index (κ1) is 10.5. The van der Waals surface area contributed by atoms with Gasteiger partial charge in [-0.1, -0.05) is 11.6 Å². The van der Waals surface area contributed by atoms with Crippen molar-refractivity contribution < 1.29 is 9.90 Å². The second-order valence-corrected chi connectivity index (χ2v) is 4.30. The number of hydrogen-bond donors (Lipinski definition) is 1. The molecule has 0 spiro atoms. The van der Waals surface area contributed by atoms with Crippen LogP contribution in [0.1, 0.15) is 21.5 Å². The molecule has 2 rings (SSSR count). The van der Waals surface area contributed by atoms with Gasteiger partial charge in [0.15, 0.2) is 0 Å². The molecule has 0 saturated heterocycles. The molecule has 0 amide bonds. The Bertz CT molecular complexity index is 417. The minimum absolute atomic E-state index is 0.208. The van der Waals surface area contributed by atoms with Crippen molar-refractivity contribution in [2.45, 2.75) is 13.0 Å². The predicted octanol–water partition coefficient (Wildman–Crippen LogP) is 2.03. The third kappa shape index (κ3) is 1.98. The van der Waals surface area contributed by atoms with Gasteiger partial charge in [-0.3, -0.25) is 0 Å². The molecule has 0 aliphatic carbocycles. The zero-order valence-electron chi connectivity index (χ0n) is 8.46. The number of benzene rings is 1. The van der Waals surface area contributed by atoms with E-state index in [2.05, 4.69) is 4.90 Å².